The van der Waals surface area contributed by atoms with E-state index in [2.05, 4.69) is 68.6 Å². The van der Waals surface area contributed by atoms with Gasteiger partial charge >= 0.3 is 11.5 Å². The summed E-state index contributed by atoms with van der Waals surface area (Å²) in [6.45, 7) is 12.4. The minimum absolute atomic E-state index is 0.0349. The number of aromatic amines is 1. The summed E-state index contributed by atoms with van der Waals surface area (Å²) in [7, 11) is 4.28. The molecule has 17 heteroatoms. The summed E-state index contributed by atoms with van der Waals surface area (Å²) in [5.74, 6) is 0.491. The second-order valence-electron chi connectivity index (χ2n) is 15.7. The molecule has 0 amide bonds. The van der Waals surface area contributed by atoms with Crippen LogP contribution in [0.1, 0.15) is 22.5 Å². The van der Waals surface area contributed by atoms with Crippen molar-refractivity contribution in [3.05, 3.63) is 141 Å². The molecule has 2 saturated heterocycles. The first-order valence-corrected chi connectivity index (χ1v) is 20.8. The number of likely N-dealkylation sites (N-methyl/N-ethyl adjacent to an activating group) is 2. The number of nitrogens with zero attached hydrogens (tertiary/aromatic N) is 11. The van der Waals surface area contributed by atoms with Crippen molar-refractivity contribution in [1.82, 2.24) is 49.3 Å². The number of hydrogen-bond acceptors (Lipinski definition) is 15. The Morgan fingerprint density at radius 1 is 0.619 bits per heavy atom. The van der Waals surface area contributed by atoms with Crippen molar-refractivity contribution in [2.75, 3.05) is 76.3 Å². The van der Waals surface area contributed by atoms with Crippen LogP contribution in [0.5, 0.6) is 0 Å². The van der Waals surface area contributed by atoms with Gasteiger partial charge < -0.3 is 33.5 Å². The zero-order valence-corrected chi connectivity index (χ0v) is 35.8. The molecule has 2 aliphatic rings. The predicted molar refractivity (Wildman–Crippen MR) is 242 cm³/mol. The second-order valence-corrected chi connectivity index (χ2v) is 15.7. The highest BCUT2D eigenvalue weighted by atomic mass is 16.4. The number of piperazine rings is 2. The van der Waals surface area contributed by atoms with E-state index in [4.69, 9.17) is 8.83 Å². The Morgan fingerprint density at radius 2 is 1.13 bits per heavy atom. The SMILES string of the molecule is CN1CCN(c2cnc(-c3cccc(CO)c3)nc2)CC1.Cc1ccc2oc(=O)[nH]c2n1.Cc1ccc2oc(=O)n(Cc3cccc(-c4ncc(N5CCN(C)CC5)cn4)c3)c2n1. The zero-order valence-electron chi connectivity index (χ0n) is 35.8. The molecule has 2 fully saturated rings. The third-order valence-electron chi connectivity index (χ3n) is 11.0. The van der Waals surface area contributed by atoms with Crippen molar-refractivity contribution in [2.45, 2.75) is 27.0 Å². The lowest BCUT2D eigenvalue weighted by Crippen LogP contribution is -2.44. The van der Waals surface area contributed by atoms with Crippen LogP contribution in [0.15, 0.2) is 116 Å². The summed E-state index contributed by atoms with van der Waals surface area (Å²) >= 11 is 0. The molecule has 0 radical (unpaired) electrons. The average molecular weight is 851 g/mol. The van der Waals surface area contributed by atoms with Gasteiger partial charge in [-0.25, -0.2) is 39.5 Å². The zero-order chi connectivity index (χ0) is 43.9. The molecule has 0 atom stereocenters. The monoisotopic (exact) mass is 850 g/mol. The van der Waals surface area contributed by atoms with Gasteiger partial charge in [0, 0.05) is 74.9 Å². The van der Waals surface area contributed by atoms with Gasteiger partial charge in [-0.2, -0.15) is 0 Å². The Morgan fingerprint density at radius 3 is 1.68 bits per heavy atom. The first kappa shape index (κ1) is 42.6. The van der Waals surface area contributed by atoms with Crippen LogP contribution in [0, 0.1) is 13.8 Å². The number of benzene rings is 2. The number of nitrogens with one attached hydrogen (secondary N) is 1. The van der Waals surface area contributed by atoms with E-state index in [0.29, 0.717) is 40.7 Å². The predicted octanol–water partition coefficient (Wildman–Crippen LogP) is 4.77. The third kappa shape index (κ3) is 10.5. The lowest BCUT2D eigenvalue weighted by Gasteiger charge is -2.33. The number of H-pyrrole nitrogens is 1. The first-order chi connectivity index (χ1) is 30.6. The van der Waals surface area contributed by atoms with Gasteiger partial charge in [0.25, 0.3) is 0 Å². The van der Waals surface area contributed by atoms with Crippen LogP contribution < -0.4 is 21.3 Å². The molecule has 0 bridgehead atoms. The van der Waals surface area contributed by atoms with Gasteiger partial charge in [-0.1, -0.05) is 36.4 Å². The summed E-state index contributed by atoms with van der Waals surface area (Å²) in [5.41, 5.74) is 9.55. The van der Waals surface area contributed by atoms with Crippen molar-refractivity contribution >= 4 is 33.8 Å². The molecule has 0 saturated carbocycles. The molecule has 0 spiro atoms. The van der Waals surface area contributed by atoms with Crippen LogP contribution in [-0.2, 0) is 13.2 Å². The first-order valence-electron chi connectivity index (χ1n) is 20.8. The number of oxazole rings is 2. The molecule has 17 nitrogen and oxygen atoms in total. The Labute approximate surface area is 363 Å². The van der Waals surface area contributed by atoms with Crippen LogP contribution in [0.25, 0.3) is 45.2 Å². The number of aromatic nitrogens is 8. The Kier molecular flexibility index (Phi) is 13.1. The molecular formula is C46H50N12O5. The fourth-order valence-electron chi connectivity index (χ4n) is 7.31. The van der Waals surface area contributed by atoms with Gasteiger partial charge in [0.15, 0.2) is 34.1 Å². The molecule has 6 aromatic heterocycles. The van der Waals surface area contributed by atoms with Crippen LogP contribution in [0.2, 0.25) is 0 Å². The molecule has 2 aromatic carbocycles. The topological polar surface area (TPSA) is 192 Å². The molecule has 10 rings (SSSR count). The fourth-order valence-corrected chi connectivity index (χ4v) is 7.31. The van der Waals surface area contributed by atoms with Gasteiger partial charge in [-0.15, -0.1) is 0 Å². The molecule has 63 heavy (non-hydrogen) atoms. The van der Waals surface area contributed by atoms with Gasteiger partial charge in [0.2, 0.25) is 0 Å². The van der Waals surface area contributed by atoms with E-state index in [-0.39, 0.29) is 6.61 Å². The number of anilines is 2. The maximum Gasteiger partial charge on any atom is 0.421 e. The number of fused-ring (bicyclic) bond motifs is 2. The van der Waals surface area contributed by atoms with Crippen LogP contribution in [0.4, 0.5) is 11.4 Å². The molecule has 2 aliphatic heterocycles. The molecule has 0 unspecified atom stereocenters. The lowest BCUT2D eigenvalue weighted by molar-refractivity contribution is 0.282. The number of aliphatic hydroxyl groups excluding tert-OH is 1. The van der Waals surface area contributed by atoms with Gasteiger partial charge in [-0.05, 0) is 75.5 Å². The molecular weight excluding hydrogens is 801 g/mol. The van der Waals surface area contributed by atoms with Crippen LogP contribution in [0.3, 0.4) is 0 Å². The van der Waals surface area contributed by atoms with Crippen LogP contribution in [-0.4, -0.2) is 121 Å². The van der Waals surface area contributed by atoms with E-state index in [1.165, 1.54) is 0 Å². The Bertz CT molecular complexity index is 2890. The largest absolute Gasteiger partial charge is 0.421 e. The van der Waals surface area contributed by atoms with E-state index in [1.807, 2.05) is 93.2 Å². The van der Waals surface area contributed by atoms with Gasteiger partial charge in [0.05, 0.1) is 49.3 Å². The minimum Gasteiger partial charge on any atom is -0.406 e. The van der Waals surface area contributed by atoms with Crippen molar-refractivity contribution in [1.29, 1.82) is 0 Å². The third-order valence-corrected chi connectivity index (χ3v) is 11.0. The summed E-state index contributed by atoms with van der Waals surface area (Å²) in [6, 6.07) is 22.7. The van der Waals surface area contributed by atoms with E-state index >= 15 is 0 Å². The van der Waals surface area contributed by atoms with Crippen molar-refractivity contribution < 1.29 is 13.9 Å². The summed E-state index contributed by atoms with van der Waals surface area (Å²) in [5, 5.41) is 9.19. The lowest BCUT2D eigenvalue weighted by atomic mass is 10.1. The standard InChI is InChI=1S/C23H24N6O2.C16H20N4O.C7H6N2O2/c1-16-6-7-20-22(26-16)29(23(30)31-20)15-17-4-3-5-18(12-17)21-24-13-19(14-25-21)28-10-8-27(2)9-11-28;1-19-5-7-20(8-6-19)15-10-17-16(18-11-15)14-4-2-3-13(9-14)12-21;1-4-2-3-5-6(8-4)9-7(10)11-5/h3-7,12-14H,8-11,15H2,1-2H3;2-4,9-11,21H,5-8,12H2,1H3;2-3H,1H3,(H,8,9,10). The Hall–Kier alpha value is -7.08. The number of aliphatic hydroxyl groups is 1. The molecule has 8 heterocycles. The van der Waals surface area contributed by atoms with Gasteiger partial charge in [0.1, 0.15) is 0 Å². The smallest absolute Gasteiger partial charge is 0.406 e. The minimum atomic E-state index is -0.460. The highest BCUT2D eigenvalue weighted by molar-refractivity contribution is 5.68. The summed E-state index contributed by atoms with van der Waals surface area (Å²) < 4.78 is 11.6. The van der Waals surface area contributed by atoms with Crippen molar-refractivity contribution in [3.8, 4) is 22.8 Å². The highest BCUT2D eigenvalue weighted by Gasteiger charge is 2.17. The number of rotatable bonds is 7. The maximum absolute atomic E-state index is 12.3. The second kappa shape index (κ2) is 19.3. The van der Waals surface area contributed by atoms with E-state index in [0.717, 1.165) is 97.4 Å². The molecule has 324 valence electrons. The number of hydrogen-bond donors (Lipinski definition) is 2. The average Bonchev–Trinajstić information content (AvgIpc) is 3.83. The van der Waals surface area contributed by atoms with E-state index < -0.39 is 11.5 Å². The van der Waals surface area contributed by atoms with Crippen LogP contribution >= 0.6 is 0 Å². The quantitative estimate of drug-likeness (QED) is 0.223. The maximum atomic E-state index is 12.3. The Balaban J connectivity index is 0.000000146. The molecule has 8 aromatic rings. The van der Waals surface area contributed by atoms with E-state index in [1.54, 1.807) is 22.8 Å². The molecule has 2 N–H and O–H groups in total. The number of pyridine rings is 2. The normalized spacial score (nSPS) is 14.6. The summed E-state index contributed by atoms with van der Waals surface area (Å²) in [4.78, 5) is 61.4. The van der Waals surface area contributed by atoms with Crippen molar-refractivity contribution in [3.63, 3.8) is 0 Å². The summed E-state index contributed by atoms with van der Waals surface area (Å²) in [6.07, 6.45) is 7.56. The van der Waals surface area contributed by atoms with Gasteiger partial charge in [-0.3, -0.25) is 9.55 Å². The number of aryl methyl sites for hydroxylation is 2. The van der Waals surface area contributed by atoms with E-state index in [9.17, 15) is 14.7 Å². The highest BCUT2D eigenvalue weighted by Crippen LogP contribution is 2.22. The van der Waals surface area contributed by atoms with Crippen molar-refractivity contribution in [2.24, 2.45) is 0 Å². The fraction of sp³-hybridized carbons (Fsp3) is 0.304. The molecule has 0 aliphatic carbocycles.